The summed E-state index contributed by atoms with van der Waals surface area (Å²) < 4.78 is 7.19. The molecule has 5 nitrogen and oxygen atoms in total. The van der Waals surface area contributed by atoms with Crippen LogP contribution in [-0.2, 0) is 13.1 Å². The molecule has 0 bridgehead atoms. The van der Waals surface area contributed by atoms with Gasteiger partial charge >= 0.3 is 0 Å². The van der Waals surface area contributed by atoms with Gasteiger partial charge < -0.3 is 9.84 Å². The summed E-state index contributed by atoms with van der Waals surface area (Å²) in [5.74, 6) is 0.811. The lowest BCUT2D eigenvalue weighted by Crippen LogP contribution is -2.11. The third-order valence-corrected chi connectivity index (χ3v) is 3.22. The van der Waals surface area contributed by atoms with E-state index < -0.39 is 0 Å². The molecule has 2 aromatic heterocycles. The van der Waals surface area contributed by atoms with Crippen LogP contribution < -0.4 is 5.32 Å². The Kier molecular flexibility index (Phi) is 4.12. The van der Waals surface area contributed by atoms with Gasteiger partial charge in [-0.1, -0.05) is 42.4 Å². The summed E-state index contributed by atoms with van der Waals surface area (Å²) in [5.41, 5.74) is 3.18. The topological polar surface area (TPSA) is 55.9 Å². The molecule has 3 aromatic rings. The normalized spacial score (nSPS) is 10.9. The molecule has 0 aliphatic carbocycles. The second kappa shape index (κ2) is 6.37. The number of aromatic nitrogens is 3. The van der Waals surface area contributed by atoms with E-state index in [9.17, 15) is 0 Å². The molecule has 2 heterocycles. The van der Waals surface area contributed by atoms with Gasteiger partial charge in [0.05, 0.1) is 11.9 Å². The zero-order chi connectivity index (χ0) is 14.5. The lowest BCUT2D eigenvalue weighted by atomic mass is 10.1. The molecule has 1 aromatic carbocycles. The van der Waals surface area contributed by atoms with Gasteiger partial charge in [0.15, 0.2) is 5.76 Å². The van der Waals surface area contributed by atoms with Crippen LogP contribution in [0.25, 0.3) is 11.1 Å². The standard InChI is InChI=1S/C16H18N4O/c1-2-17-10-15-8-16(21-19-15)12-20-11-14(9-18-20)13-6-4-3-5-7-13/h3-9,11,17H,2,10,12H2,1H3. The van der Waals surface area contributed by atoms with E-state index in [-0.39, 0.29) is 0 Å². The van der Waals surface area contributed by atoms with Crippen molar-refractivity contribution in [3.63, 3.8) is 0 Å². The quantitative estimate of drug-likeness (QED) is 0.755. The first-order chi connectivity index (χ1) is 10.3. The minimum Gasteiger partial charge on any atom is -0.359 e. The molecule has 0 amide bonds. The minimum absolute atomic E-state index is 0.589. The van der Waals surface area contributed by atoms with Crippen molar-refractivity contribution in [1.29, 1.82) is 0 Å². The Morgan fingerprint density at radius 3 is 2.86 bits per heavy atom. The van der Waals surface area contributed by atoms with Crippen LogP contribution in [-0.4, -0.2) is 21.5 Å². The van der Waals surface area contributed by atoms with Crippen LogP contribution in [0.3, 0.4) is 0 Å². The Bertz CT molecular complexity index is 687. The van der Waals surface area contributed by atoms with E-state index in [4.69, 9.17) is 4.52 Å². The molecule has 21 heavy (non-hydrogen) atoms. The lowest BCUT2D eigenvalue weighted by molar-refractivity contribution is 0.364. The number of rotatable bonds is 6. The van der Waals surface area contributed by atoms with Gasteiger partial charge in [-0.15, -0.1) is 0 Å². The summed E-state index contributed by atoms with van der Waals surface area (Å²) in [6.45, 7) is 4.30. The second-order valence-corrected chi connectivity index (χ2v) is 4.86. The number of nitrogens with one attached hydrogen (secondary N) is 1. The van der Waals surface area contributed by atoms with Gasteiger partial charge in [0.25, 0.3) is 0 Å². The van der Waals surface area contributed by atoms with Crippen LogP contribution in [0, 0.1) is 0 Å². The Hall–Kier alpha value is -2.40. The van der Waals surface area contributed by atoms with E-state index in [0.717, 1.165) is 35.7 Å². The fourth-order valence-corrected chi connectivity index (χ4v) is 2.16. The highest BCUT2D eigenvalue weighted by Crippen LogP contribution is 2.18. The van der Waals surface area contributed by atoms with Crippen molar-refractivity contribution in [2.45, 2.75) is 20.0 Å². The summed E-state index contributed by atoms with van der Waals surface area (Å²) in [5, 5.41) is 11.6. The highest BCUT2D eigenvalue weighted by molar-refractivity contribution is 5.61. The van der Waals surface area contributed by atoms with Gasteiger partial charge in [0.2, 0.25) is 0 Å². The summed E-state index contributed by atoms with van der Waals surface area (Å²) in [4.78, 5) is 0. The summed E-state index contributed by atoms with van der Waals surface area (Å²) in [7, 11) is 0. The molecule has 108 valence electrons. The van der Waals surface area contributed by atoms with Gasteiger partial charge in [0.1, 0.15) is 6.54 Å². The third-order valence-electron chi connectivity index (χ3n) is 3.22. The Labute approximate surface area is 123 Å². The molecule has 0 saturated heterocycles. The first-order valence-electron chi connectivity index (χ1n) is 7.08. The van der Waals surface area contributed by atoms with Gasteiger partial charge in [-0.3, -0.25) is 4.68 Å². The molecule has 0 aliphatic rings. The summed E-state index contributed by atoms with van der Waals surface area (Å²) in [6.07, 6.45) is 3.88. The molecule has 1 N–H and O–H groups in total. The number of hydrogen-bond acceptors (Lipinski definition) is 4. The van der Waals surface area contributed by atoms with Crippen molar-refractivity contribution < 1.29 is 4.52 Å². The van der Waals surface area contributed by atoms with Crippen molar-refractivity contribution in [1.82, 2.24) is 20.3 Å². The van der Waals surface area contributed by atoms with E-state index in [1.165, 1.54) is 0 Å². The Morgan fingerprint density at radius 2 is 2.05 bits per heavy atom. The van der Waals surface area contributed by atoms with Crippen LogP contribution >= 0.6 is 0 Å². The van der Waals surface area contributed by atoms with Crippen LogP contribution in [0.1, 0.15) is 18.4 Å². The predicted octanol–water partition coefficient (Wildman–Crippen LogP) is 2.70. The average molecular weight is 282 g/mol. The largest absolute Gasteiger partial charge is 0.359 e. The third kappa shape index (κ3) is 3.38. The van der Waals surface area contributed by atoms with Crippen molar-refractivity contribution in [2.75, 3.05) is 6.54 Å². The fraction of sp³-hybridized carbons (Fsp3) is 0.250. The molecule has 3 rings (SSSR count). The van der Waals surface area contributed by atoms with E-state index in [0.29, 0.717) is 6.54 Å². The maximum Gasteiger partial charge on any atom is 0.158 e. The maximum absolute atomic E-state index is 5.33. The molecule has 0 atom stereocenters. The Morgan fingerprint density at radius 1 is 1.19 bits per heavy atom. The van der Waals surface area contributed by atoms with E-state index in [1.807, 2.05) is 41.3 Å². The van der Waals surface area contributed by atoms with Crippen molar-refractivity contribution in [3.05, 3.63) is 60.2 Å². The van der Waals surface area contributed by atoms with Gasteiger partial charge in [0, 0.05) is 24.4 Å². The Balaban J connectivity index is 1.68. The second-order valence-electron chi connectivity index (χ2n) is 4.86. The molecular formula is C16H18N4O. The monoisotopic (exact) mass is 282 g/mol. The average Bonchev–Trinajstić information content (AvgIpc) is 3.16. The molecule has 0 aliphatic heterocycles. The maximum atomic E-state index is 5.33. The number of hydrogen-bond donors (Lipinski definition) is 1. The zero-order valence-electron chi connectivity index (χ0n) is 12.0. The van der Waals surface area contributed by atoms with Crippen molar-refractivity contribution in [3.8, 4) is 11.1 Å². The zero-order valence-corrected chi connectivity index (χ0v) is 12.0. The van der Waals surface area contributed by atoms with Crippen molar-refractivity contribution >= 4 is 0 Å². The first kappa shape index (κ1) is 13.6. The van der Waals surface area contributed by atoms with E-state index in [2.05, 4.69) is 34.6 Å². The highest BCUT2D eigenvalue weighted by Gasteiger charge is 2.06. The molecule has 0 fully saturated rings. The van der Waals surface area contributed by atoms with E-state index >= 15 is 0 Å². The summed E-state index contributed by atoms with van der Waals surface area (Å²) >= 11 is 0. The predicted molar refractivity (Wildman–Crippen MR) is 80.6 cm³/mol. The molecule has 0 spiro atoms. The lowest BCUT2D eigenvalue weighted by Gasteiger charge is -1.96. The number of nitrogens with zero attached hydrogens (tertiary/aromatic N) is 3. The van der Waals surface area contributed by atoms with Crippen LogP contribution in [0.15, 0.2) is 53.3 Å². The summed E-state index contributed by atoms with van der Waals surface area (Å²) in [6, 6.07) is 12.2. The van der Waals surface area contributed by atoms with Gasteiger partial charge in [-0.2, -0.15) is 5.10 Å². The molecular weight excluding hydrogens is 264 g/mol. The molecule has 0 radical (unpaired) electrons. The minimum atomic E-state index is 0.589. The highest BCUT2D eigenvalue weighted by atomic mass is 16.5. The smallest absolute Gasteiger partial charge is 0.158 e. The molecule has 0 unspecified atom stereocenters. The molecule has 5 heteroatoms. The van der Waals surface area contributed by atoms with Crippen molar-refractivity contribution in [2.24, 2.45) is 0 Å². The molecule has 0 saturated carbocycles. The van der Waals surface area contributed by atoms with Crippen LogP contribution in [0.4, 0.5) is 0 Å². The van der Waals surface area contributed by atoms with E-state index in [1.54, 1.807) is 0 Å². The SMILES string of the molecule is CCNCc1cc(Cn2cc(-c3ccccc3)cn2)on1. The van der Waals surface area contributed by atoms with Crippen LogP contribution in [0.2, 0.25) is 0 Å². The van der Waals surface area contributed by atoms with Gasteiger partial charge in [-0.05, 0) is 12.1 Å². The first-order valence-corrected chi connectivity index (χ1v) is 7.08. The van der Waals surface area contributed by atoms with Gasteiger partial charge in [-0.25, -0.2) is 0 Å². The number of benzene rings is 1. The van der Waals surface area contributed by atoms with Crippen LogP contribution in [0.5, 0.6) is 0 Å². The fourth-order valence-electron chi connectivity index (χ4n) is 2.16.